The highest BCUT2D eigenvalue weighted by atomic mass is 19.1. The average molecular weight is 428 g/mol. The minimum atomic E-state index is -0.274. The summed E-state index contributed by atoms with van der Waals surface area (Å²) in [7, 11) is 0. The van der Waals surface area contributed by atoms with Crippen molar-refractivity contribution in [2.75, 3.05) is 42.6 Å². The highest BCUT2D eigenvalue weighted by Crippen LogP contribution is 2.26. The molecule has 1 atom stereocenters. The van der Waals surface area contributed by atoms with Crippen LogP contribution in [-0.4, -0.2) is 53.8 Å². The highest BCUT2D eigenvalue weighted by Gasteiger charge is 2.26. The first-order valence-electron chi connectivity index (χ1n) is 11.1. The summed E-state index contributed by atoms with van der Waals surface area (Å²) in [5.74, 6) is 1.85. The number of nitrogens with zero attached hydrogens (tertiary/aromatic N) is 4. The summed E-state index contributed by atoms with van der Waals surface area (Å²) in [4.78, 5) is 25.9. The van der Waals surface area contributed by atoms with E-state index in [-0.39, 0.29) is 24.2 Å². The number of amides is 1. The molecule has 2 aliphatic rings. The molecule has 2 saturated heterocycles. The van der Waals surface area contributed by atoms with Crippen LogP contribution in [0.4, 0.5) is 16.0 Å². The Morgan fingerprint density at radius 2 is 1.77 bits per heavy atom. The minimum absolute atomic E-state index is 0.0228. The van der Waals surface area contributed by atoms with Gasteiger partial charge in [0.25, 0.3) is 0 Å². The number of aromatic nitrogens is 2. The SMILES string of the molecule is O=C(NCc1ccc(F)cc1)C1CCN(c2cc(N3CCCC(CO)C3)ncn2)CC1. The molecular formula is C23H30FN5O2. The minimum Gasteiger partial charge on any atom is -0.396 e. The number of anilines is 2. The third-order valence-corrected chi connectivity index (χ3v) is 6.31. The van der Waals surface area contributed by atoms with Crippen molar-refractivity contribution in [2.45, 2.75) is 32.2 Å². The lowest BCUT2D eigenvalue weighted by Gasteiger charge is -2.34. The number of hydrogen-bond acceptors (Lipinski definition) is 6. The van der Waals surface area contributed by atoms with Crippen LogP contribution in [0.25, 0.3) is 0 Å². The molecular weight excluding hydrogens is 397 g/mol. The number of aliphatic hydroxyl groups is 1. The summed E-state index contributed by atoms with van der Waals surface area (Å²) in [5.41, 5.74) is 0.891. The van der Waals surface area contributed by atoms with E-state index >= 15 is 0 Å². The molecule has 2 aliphatic heterocycles. The second-order valence-electron chi connectivity index (χ2n) is 8.48. The van der Waals surface area contributed by atoms with E-state index in [1.807, 2.05) is 6.07 Å². The van der Waals surface area contributed by atoms with E-state index < -0.39 is 0 Å². The van der Waals surface area contributed by atoms with Gasteiger partial charge in [0.15, 0.2) is 0 Å². The molecule has 0 saturated carbocycles. The number of nitrogens with one attached hydrogen (secondary N) is 1. The van der Waals surface area contributed by atoms with Gasteiger partial charge in [-0.1, -0.05) is 12.1 Å². The predicted octanol–water partition coefficient (Wildman–Crippen LogP) is 2.36. The molecule has 1 amide bonds. The Labute approximate surface area is 182 Å². The summed E-state index contributed by atoms with van der Waals surface area (Å²) >= 11 is 0. The number of halogens is 1. The number of carbonyl (C=O) groups excluding carboxylic acids is 1. The van der Waals surface area contributed by atoms with E-state index in [4.69, 9.17) is 0 Å². The maximum atomic E-state index is 13.0. The Bertz CT molecular complexity index is 871. The van der Waals surface area contributed by atoms with Gasteiger partial charge in [0.2, 0.25) is 5.91 Å². The highest BCUT2D eigenvalue weighted by molar-refractivity contribution is 5.79. The molecule has 4 rings (SSSR count). The van der Waals surface area contributed by atoms with Gasteiger partial charge in [0, 0.05) is 51.3 Å². The first kappa shape index (κ1) is 21.5. The number of benzene rings is 1. The van der Waals surface area contributed by atoms with Crippen LogP contribution in [0.3, 0.4) is 0 Å². The normalized spacial score (nSPS) is 20.0. The Morgan fingerprint density at radius 3 is 2.48 bits per heavy atom. The number of hydrogen-bond donors (Lipinski definition) is 2. The molecule has 166 valence electrons. The van der Waals surface area contributed by atoms with Crippen LogP contribution >= 0.6 is 0 Å². The molecule has 2 aromatic rings. The lowest BCUT2D eigenvalue weighted by molar-refractivity contribution is -0.125. The van der Waals surface area contributed by atoms with Crippen LogP contribution in [-0.2, 0) is 11.3 Å². The van der Waals surface area contributed by atoms with Crippen LogP contribution in [0.2, 0.25) is 0 Å². The van der Waals surface area contributed by atoms with Gasteiger partial charge in [-0.2, -0.15) is 0 Å². The molecule has 0 aliphatic carbocycles. The fourth-order valence-corrected chi connectivity index (χ4v) is 4.41. The molecule has 0 radical (unpaired) electrons. The van der Waals surface area contributed by atoms with Crippen molar-refractivity contribution in [1.29, 1.82) is 0 Å². The molecule has 2 fully saturated rings. The first-order valence-corrected chi connectivity index (χ1v) is 11.1. The zero-order valence-electron chi connectivity index (χ0n) is 17.7. The number of rotatable bonds is 6. The molecule has 31 heavy (non-hydrogen) atoms. The van der Waals surface area contributed by atoms with Crippen LogP contribution < -0.4 is 15.1 Å². The summed E-state index contributed by atoms with van der Waals surface area (Å²) in [6.45, 7) is 3.94. The lowest BCUT2D eigenvalue weighted by atomic mass is 9.95. The summed E-state index contributed by atoms with van der Waals surface area (Å²) in [5, 5.41) is 12.5. The van der Waals surface area contributed by atoms with Gasteiger partial charge in [-0.15, -0.1) is 0 Å². The summed E-state index contributed by atoms with van der Waals surface area (Å²) in [6, 6.07) is 8.22. The van der Waals surface area contributed by atoms with Crippen molar-refractivity contribution < 1.29 is 14.3 Å². The zero-order valence-corrected chi connectivity index (χ0v) is 17.7. The number of carbonyl (C=O) groups is 1. The van der Waals surface area contributed by atoms with Gasteiger partial charge < -0.3 is 20.2 Å². The predicted molar refractivity (Wildman–Crippen MR) is 117 cm³/mol. The third kappa shape index (κ3) is 5.50. The van der Waals surface area contributed by atoms with E-state index in [2.05, 4.69) is 25.1 Å². The molecule has 0 bridgehead atoms. The van der Waals surface area contributed by atoms with Crippen molar-refractivity contribution >= 4 is 17.5 Å². The monoisotopic (exact) mass is 427 g/mol. The summed E-state index contributed by atoms with van der Waals surface area (Å²) < 4.78 is 13.0. The fraction of sp³-hybridized carbons (Fsp3) is 0.522. The summed E-state index contributed by atoms with van der Waals surface area (Å²) in [6.07, 6.45) is 5.26. The van der Waals surface area contributed by atoms with E-state index in [1.165, 1.54) is 12.1 Å². The Kier molecular flexibility index (Phi) is 6.96. The largest absolute Gasteiger partial charge is 0.396 e. The van der Waals surface area contributed by atoms with Crippen molar-refractivity contribution in [3.8, 4) is 0 Å². The van der Waals surface area contributed by atoms with Crippen LogP contribution in [0.1, 0.15) is 31.2 Å². The first-order chi connectivity index (χ1) is 15.1. The molecule has 8 heteroatoms. The van der Waals surface area contributed by atoms with Gasteiger partial charge in [-0.25, -0.2) is 14.4 Å². The smallest absolute Gasteiger partial charge is 0.223 e. The topological polar surface area (TPSA) is 81.6 Å². The van der Waals surface area contributed by atoms with E-state index in [9.17, 15) is 14.3 Å². The van der Waals surface area contributed by atoms with Gasteiger partial charge in [-0.3, -0.25) is 4.79 Å². The Morgan fingerprint density at radius 1 is 1.06 bits per heavy atom. The standard InChI is InChI=1S/C23H30FN5O2/c24-20-5-3-17(4-6-20)13-25-23(31)19-7-10-28(11-8-19)21-12-22(27-16-26-21)29-9-1-2-18(14-29)15-30/h3-6,12,16,18-19,30H,1-2,7-11,13-15H2,(H,25,31). The van der Waals surface area contributed by atoms with Gasteiger partial charge in [0.05, 0.1) is 0 Å². The van der Waals surface area contributed by atoms with E-state index in [0.717, 1.165) is 69.1 Å². The molecule has 1 aromatic heterocycles. The van der Waals surface area contributed by atoms with Gasteiger partial charge in [-0.05, 0) is 49.3 Å². The number of piperidine rings is 2. The molecule has 3 heterocycles. The van der Waals surface area contributed by atoms with Gasteiger partial charge in [0.1, 0.15) is 23.8 Å². The van der Waals surface area contributed by atoms with Crippen LogP contribution in [0, 0.1) is 17.7 Å². The molecule has 7 nitrogen and oxygen atoms in total. The average Bonchev–Trinajstić information content (AvgIpc) is 2.84. The second kappa shape index (κ2) is 10.0. The maximum absolute atomic E-state index is 13.0. The molecule has 0 spiro atoms. The fourth-order valence-electron chi connectivity index (χ4n) is 4.41. The maximum Gasteiger partial charge on any atom is 0.223 e. The molecule has 1 unspecified atom stereocenters. The van der Waals surface area contributed by atoms with Crippen LogP contribution in [0.15, 0.2) is 36.7 Å². The lowest BCUT2D eigenvalue weighted by Crippen LogP contribution is -2.41. The van der Waals surface area contributed by atoms with Crippen molar-refractivity contribution in [3.05, 3.63) is 48.0 Å². The van der Waals surface area contributed by atoms with Crippen molar-refractivity contribution in [2.24, 2.45) is 11.8 Å². The Hall–Kier alpha value is -2.74. The van der Waals surface area contributed by atoms with E-state index in [1.54, 1.807) is 18.5 Å². The van der Waals surface area contributed by atoms with E-state index in [0.29, 0.717) is 12.5 Å². The zero-order chi connectivity index (χ0) is 21.6. The Balaban J connectivity index is 1.29. The second-order valence-corrected chi connectivity index (χ2v) is 8.48. The van der Waals surface area contributed by atoms with Crippen molar-refractivity contribution in [3.63, 3.8) is 0 Å². The molecule has 1 aromatic carbocycles. The van der Waals surface area contributed by atoms with Crippen LogP contribution in [0.5, 0.6) is 0 Å². The third-order valence-electron chi connectivity index (χ3n) is 6.31. The number of aliphatic hydroxyl groups excluding tert-OH is 1. The van der Waals surface area contributed by atoms with Gasteiger partial charge >= 0.3 is 0 Å². The molecule has 2 N–H and O–H groups in total. The quantitative estimate of drug-likeness (QED) is 0.737. The van der Waals surface area contributed by atoms with Crippen molar-refractivity contribution in [1.82, 2.24) is 15.3 Å².